The van der Waals surface area contributed by atoms with Crippen LogP contribution in [0.25, 0.3) is 0 Å². The second-order valence-electron chi connectivity index (χ2n) is 5.50. The molecule has 1 unspecified atom stereocenters. The summed E-state index contributed by atoms with van der Waals surface area (Å²) in [5.41, 5.74) is -1.06. The van der Waals surface area contributed by atoms with Crippen molar-refractivity contribution in [2.45, 2.75) is 45.3 Å². The van der Waals surface area contributed by atoms with Gasteiger partial charge in [0.2, 0.25) is 0 Å². The van der Waals surface area contributed by atoms with E-state index in [9.17, 15) is 4.79 Å². The fourth-order valence-electron chi connectivity index (χ4n) is 1.90. The summed E-state index contributed by atoms with van der Waals surface area (Å²) in [6.45, 7) is 15.5. The van der Waals surface area contributed by atoms with Gasteiger partial charge in [0.05, 0.1) is 6.61 Å². The van der Waals surface area contributed by atoms with Crippen molar-refractivity contribution in [2.75, 3.05) is 6.61 Å². The van der Waals surface area contributed by atoms with Gasteiger partial charge in [-0.05, 0) is 34.1 Å². The first-order chi connectivity index (χ1) is 8.25. The summed E-state index contributed by atoms with van der Waals surface area (Å²) < 4.78 is 10.7. The first-order valence-electron chi connectivity index (χ1n) is 6.21. The molecule has 0 aromatic carbocycles. The van der Waals surface area contributed by atoms with Crippen molar-refractivity contribution < 1.29 is 14.3 Å². The third-order valence-corrected chi connectivity index (χ3v) is 2.84. The van der Waals surface area contributed by atoms with Crippen LogP contribution in [0.1, 0.15) is 34.1 Å². The molecule has 0 aromatic rings. The lowest BCUT2D eigenvalue weighted by atomic mass is 10.1. The predicted octanol–water partition coefficient (Wildman–Crippen LogP) is 3.01. The fraction of sp³-hybridized carbons (Fsp3) is 0.643. The summed E-state index contributed by atoms with van der Waals surface area (Å²) in [6.07, 6.45) is 2.11. The highest BCUT2D eigenvalue weighted by Crippen LogP contribution is 2.49. The van der Waals surface area contributed by atoms with Gasteiger partial charge in [-0.2, -0.15) is 0 Å². The average molecular weight is 253 g/mol. The van der Waals surface area contributed by atoms with Crippen molar-refractivity contribution in [1.82, 2.24) is 5.32 Å². The standard InChI is InChI=1S/C14H23NO3/c1-7-11-9-14(11,10(3)17-8-2)15-12(16)18-13(4,5)6/h7,11H,1,3,8-9H2,2,4-6H3,(H,15,16)/t11-,14?/m0/s1. The number of carbonyl (C=O) groups is 1. The Morgan fingerprint density at radius 3 is 2.56 bits per heavy atom. The summed E-state index contributed by atoms with van der Waals surface area (Å²) in [6, 6.07) is 0. The first-order valence-corrected chi connectivity index (χ1v) is 6.21. The Balaban J connectivity index is 2.68. The number of amides is 1. The van der Waals surface area contributed by atoms with Crippen molar-refractivity contribution >= 4 is 6.09 Å². The molecule has 1 aliphatic rings. The van der Waals surface area contributed by atoms with Gasteiger partial charge in [-0.15, -0.1) is 6.58 Å². The van der Waals surface area contributed by atoms with Gasteiger partial charge in [-0.25, -0.2) is 4.79 Å². The SMILES string of the molecule is C=C[C@H]1CC1(NC(=O)OC(C)(C)C)C(=C)OCC. The van der Waals surface area contributed by atoms with E-state index in [0.29, 0.717) is 12.4 Å². The van der Waals surface area contributed by atoms with Crippen LogP contribution >= 0.6 is 0 Å². The molecule has 0 spiro atoms. The van der Waals surface area contributed by atoms with E-state index in [-0.39, 0.29) is 5.92 Å². The molecule has 1 saturated carbocycles. The number of alkyl carbamates (subject to hydrolysis) is 1. The van der Waals surface area contributed by atoms with Crippen LogP contribution in [0.3, 0.4) is 0 Å². The molecule has 0 bridgehead atoms. The van der Waals surface area contributed by atoms with E-state index in [1.54, 1.807) is 0 Å². The Bertz CT molecular complexity index is 357. The number of carbonyl (C=O) groups excluding carboxylic acids is 1. The van der Waals surface area contributed by atoms with Crippen molar-refractivity contribution in [3.63, 3.8) is 0 Å². The van der Waals surface area contributed by atoms with E-state index < -0.39 is 17.2 Å². The van der Waals surface area contributed by atoms with Crippen LogP contribution in [0.15, 0.2) is 25.0 Å². The van der Waals surface area contributed by atoms with Crippen LogP contribution < -0.4 is 5.32 Å². The summed E-state index contributed by atoms with van der Waals surface area (Å²) in [4.78, 5) is 11.8. The number of hydrogen-bond acceptors (Lipinski definition) is 3. The Morgan fingerprint density at radius 1 is 1.56 bits per heavy atom. The van der Waals surface area contributed by atoms with Gasteiger partial charge in [-0.3, -0.25) is 0 Å². The molecule has 4 heteroatoms. The maximum absolute atomic E-state index is 11.8. The summed E-state index contributed by atoms with van der Waals surface area (Å²) >= 11 is 0. The zero-order chi connectivity index (χ0) is 14.0. The molecule has 18 heavy (non-hydrogen) atoms. The Labute approximate surface area is 109 Å². The normalized spacial score (nSPS) is 26.1. The quantitative estimate of drug-likeness (QED) is 0.605. The molecular weight excluding hydrogens is 230 g/mol. The molecule has 1 aliphatic carbocycles. The maximum Gasteiger partial charge on any atom is 0.408 e. The minimum atomic E-state index is -0.542. The molecule has 0 heterocycles. The third kappa shape index (κ3) is 3.28. The van der Waals surface area contributed by atoms with Crippen molar-refractivity contribution in [3.05, 3.63) is 25.0 Å². The molecule has 0 saturated heterocycles. The highest BCUT2D eigenvalue weighted by atomic mass is 16.6. The number of hydrogen-bond donors (Lipinski definition) is 1. The molecule has 1 rings (SSSR count). The van der Waals surface area contributed by atoms with E-state index in [4.69, 9.17) is 9.47 Å². The van der Waals surface area contributed by atoms with Crippen LogP contribution in [0.2, 0.25) is 0 Å². The molecule has 0 aromatic heterocycles. The van der Waals surface area contributed by atoms with E-state index >= 15 is 0 Å². The van der Waals surface area contributed by atoms with E-state index in [1.165, 1.54) is 0 Å². The Kier molecular flexibility index (Phi) is 4.09. The minimum absolute atomic E-state index is 0.157. The topological polar surface area (TPSA) is 47.6 Å². The van der Waals surface area contributed by atoms with Gasteiger partial charge in [0.15, 0.2) is 0 Å². The molecule has 1 N–H and O–H groups in total. The molecule has 102 valence electrons. The van der Waals surface area contributed by atoms with E-state index in [1.807, 2.05) is 33.8 Å². The van der Waals surface area contributed by atoms with Crippen LogP contribution in [0.4, 0.5) is 4.79 Å². The molecule has 1 fully saturated rings. The van der Waals surface area contributed by atoms with Crippen LogP contribution in [-0.2, 0) is 9.47 Å². The van der Waals surface area contributed by atoms with Gasteiger partial charge in [0.1, 0.15) is 16.9 Å². The van der Waals surface area contributed by atoms with Gasteiger partial charge >= 0.3 is 6.09 Å². The van der Waals surface area contributed by atoms with Gasteiger partial charge in [-0.1, -0.05) is 12.7 Å². The summed E-state index contributed by atoms with van der Waals surface area (Å²) in [7, 11) is 0. The van der Waals surface area contributed by atoms with Crippen molar-refractivity contribution in [3.8, 4) is 0 Å². The highest BCUT2D eigenvalue weighted by Gasteiger charge is 2.57. The number of ether oxygens (including phenoxy) is 2. The van der Waals surface area contributed by atoms with E-state index in [0.717, 1.165) is 6.42 Å². The highest BCUT2D eigenvalue weighted by molar-refractivity contribution is 5.70. The number of nitrogens with one attached hydrogen (secondary N) is 1. The Hall–Kier alpha value is -1.45. The Morgan fingerprint density at radius 2 is 2.17 bits per heavy atom. The molecular formula is C14H23NO3. The van der Waals surface area contributed by atoms with Gasteiger partial charge in [0.25, 0.3) is 0 Å². The number of rotatable bonds is 5. The molecule has 0 radical (unpaired) electrons. The second-order valence-corrected chi connectivity index (χ2v) is 5.50. The van der Waals surface area contributed by atoms with Crippen molar-refractivity contribution in [2.24, 2.45) is 5.92 Å². The fourth-order valence-corrected chi connectivity index (χ4v) is 1.90. The lowest BCUT2D eigenvalue weighted by Gasteiger charge is -2.25. The lowest BCUT2D eigenvalue weighted by Crippen LogP contribution is -2.43. The van der Waals surface area contributed by atoms with Crippen LogP contribution in [0, 0.1) is 5.92 Å². The summed E-state index contributed by atoms with van der Waals surface area (Å²) in [5.74, 6) is 0.727. The first kappa shape index (κ1) is 14.6. The van der Waals surface area contributed by atoms with Crippen LogP contribution in [0.5, 0.6) is 0 Å². The van der Waals surface area contributed by atoms with Gasteiger partial charge < -0.3 is 14.8 Å². The van der Waals surface area contributed by atoms with Crippen LogP contribution in [-0.4, -0.2) is 23.8 Å². The molecule has 2 atom stereocenters. The summed E-state index contributed by atoms with van der Waals surface area (Å²) in [5, 5.41) is 2.85. The largest absolute Gasteiger partial charge is 0.496 e. The predicted molar refractivity (Wildman–Crippen MR) is 71.2 cm³/mol. The smallest absolute Gasteiger partial charge is 0.408 e. The van der Waals surface area contributed by atoms with E-state index in [2.05, 4.69) is 18.5 Å². The monoisotopic (exact) mass is 253 g/mol. The lowest BCUT2D eigenvalue weighted by molar-refractivity contribution is 0.0479. The minimum Gasteiger partial charge on any atom is -0.496 e. The van der Waals surface area contributed by atoms with Crippen molar-refractivity contribution in [1.29, 1.82) is 0 Å². The average Bonchev–Trinajstić information content (AvgIpc) is 2.90. The third-order valence-electron chi connectivity index (χ3n) is 2.84. The second kappa shape index (κ2) is 5.04. The molecule has 0 aliphatic heterocycles. The van der Waals surface area contributed by atoms with Gasteiger partial charge in [0, 0.05) is 5.92 Å². The molecule has 4 nitrogen and oxygen atoms in total. The zero-order valence-corrected chi connectivity index (χ0v) is 11.7. The zero-order valence-electron chi connectivity index (χ0n) is 11.7. The molecule has 1 amide bonds. The maximum atomic E-state index is 11.8.